The second-order valence-electron chi connectivity index (χ2n) is 4.43. The summed E-state index contributed by atoms with van der Waals surface area (Å²) in [7, 11) is 0. The van der Waals surface area contributed by atoms with Crippen molar-refractivity contribution in [2.24, 2.45) is 5.92 Å². The Morgan fingerprint density at radius 2 is 2.19 bits per heavy atom. The van der Waals surface area contributed by atoms with Crippen LogP contribution >= 0.6 is 0 Å². The smallest absolute Gasteiger partial charge is 0.333 e. The van der Waals surface area contributed by atoms with Crippen molar-refractivity contribution in [3.05, 3.63) is 12.2 Å². The number of amides is 1. The van der Waals surface area contributed by atoms with Crippen molar-refractivity contribution >= 4 is 11.9 Å². The molecule has 0 aromatic heterocycles. The summed E-state index contributed by atoms with van der Waals surface area (Å²) in [5.41, 5.74) is 0.383. The van der Waals surface area contributed by atoms with Gasteiger partial charge in [0.05, 0.1) is 6.54 Å². The van der Waals surface area contributed by atoms with Gasteiger partial charge in [-0.25, -0.2) is 4.79 Å². The second-order valence-corrected chi connectivity index (χ2v) is 4.43. The zero-order chi connectivity index (χ0) is 12.3. The van der Waals surface area contributed by atoms with Crippen LogP contribution in [0.2, 0.25) is 0 Å². The van der Waals surface area contributed by atoms with E-state index in [9.17, 15) is 9.59 Å². The van der Waals surface area contributed by atoms with Crippen LogP contribution in [-0.2, 0) is 14.3 Å². The molecule has 0 saturated carbocycles. The molecule has 1 saturated heterocycles. The molecule has 90 valence electrons. The lowest BCUT2D eigenvalue weighted by atomic mass is 10.1. The molecule has 4 heteroatoms. The summed E-state index contributed by atoms with van der Waals surface area (Å²) in [4.78, 5) is 24.5. The highest BCUT2D eigenvalue weighted by Crippen LogP contribution is 2.23. The number of ether oxygens (including phenoxy) is 1. The molecule has 0 radical (unpaired) electrons. The quantitative estimate of drug-likeness (QED) is 0.536. The van der Waals surface area contributed by atoms with E-state index < -0.39 is 5.97 Å². The van der Waals surface area contributed by atoms with Crippen molar-refractivity contribution in [3.8, 4) is 0 Å². The average Bonchev–Trinajstić information content (AvgIpc) is 2.44. The van der Waals surface area contributed by atoms with Crippen molar-refractivity contribution in [1.29, 1.82) is 0 Å². The number of likely N-dealkylation sites (tertiary alicyclic amines) is 1. The standard InChI is InChI=1S/C12H19NO3/c1-8(2)12(15)16-6-5-13-10(4)9(3)7-11(13)14/h9-10H,1,5-7H2,2-4H3. The van der Waals surface area contributed by atoms with E-state index in [4.69, 9.17) is 4.74 Å². The molecule has 0 bridgehead atoms. The van der Waals surface area contributed by atoms with Crippen LogP contribution in [0.4, 0.5) is 0 Å². The fourth-order valence-corrected chi connectivity index (χ4v) is 1.79. The Labute approximate surface area is 96.3 Å². The summed E-state index contributed by atoms with van der Waals surface area (Å²) in [5.74, 6) is 0.128. The Bertz CT molecular complexity index is 311. The van der Waals surface area contributed by atoms with Gasteiger partial charge in [0, 0.05) is 18.0 Å². The van der Waals surface area contributed by atoms with E-state index in [1.165, 1.54) is 0 Å². The van der Waals surface area contributed by atoms with Crippen LogP contribution in [0.1, 0.15) is 27.2 Å². The minimum Gasteiger partial charge on any atom is -0.460 e. The number of hydrogen-bond donors (Lipinski definition) is 0. The van der Waals surface area contributed by atoms with Gasteiger partial charge in [0.15, 0.2) is 0 Å². The molecule has 16 heavy (non-hydrogen) atoms. The first-order valence-corrected chi connectivity index (χ1v) is 5.55. The Kier molecular flexibility index (Phi) is 4.10. The predicted octanol–water partition coefficient (Wildman–Crippen LogP) is 1.36. The largest absolute Gasteiger partial charge is 0.460 e. The summed E-state index contributed by atoms with van der Waals surface area (Å²) in [5, 5.41) is 0. The van der Waals surface area contributed by atoms with E-state index >= 15 is 0 Å². The minimum atomic E-state index is -0.396. The Morgan fingerprint density at radius 3 is 2.62 bits per heavy atom. The predicted molar refractivity (Wildman–Crippen MR) is 60.7 cm³/mol. The number of carbonyl (C=O) groups excluding carboxylic acids is 2. The molecule has 2 unspecified atom stereocenters. The molecular weight excluding hydrogens is 206 g/mol. The van der Waals surface area contributed by atoms with E-state index in [0.717, 1.165) is 0 Å². The number of hydrogen-bond acceptors (Lipinski definition) is 3. The molecule has 1 aliphatic heterocycles. The molecule has 4 nitrogen and oxygen atoms in total. The third-order valence-corrected chi connectivity index (χ3v) is 3.05. The zero-order valence-corrected chi connectivity index (χ0v) is 10.2. The highest BCUT2D eigenvalue weighted by atomic mass is 16.5. The average molecular weight is 225 g/mol. The number of nitrogens with zero attached hydrogens (tertiary/aromatic N) is 1. The summed E-state index contributed by atoms with van der Waals surface area (Å²) >= 11 is 0. The highest BCUT2D eigenvalue weighted by Gasteiger charge is 2.33. The van der Waals surface area contributed by atoms with E-state index in [0.29, 0.717) is 24.5 Å². The van der Waals surface area contributed by atoms with Crippen LogP contribution in [-0.4, -0.2) is 36.0 Å². The van der Waals surface area contributed by atoms with Gasteiger partial charge in [0.25, 0.3) is 0 Å². The van der Waals surface area contributed by atoms with Gasteiger partial charge in [-0.05, 0) is 19.8 Å². The van der Waals surface area contributed by atoms with Gasteiger partial charge >= 0.3 is 5.97 Å². The molecule has 0 N–H and O–H groups in total. The van der Waals surface area contributed by atoms with Gasteiger partial charge in [0.1, 0.15) is 6.61 Å². The lowest BCUT2D eigenvalue weighted by molar-refractivity contribution is -0.141. The van der Waals surface area contributed by atoms with Crippen molar-refractivity contribution in [2.45, 2.75) is 33.2 Å². The van der Waals surface area contributed by atoms with Crippen LogP contribution < -0.4 is 0 Å². The lowest BCUT2D eigenvalue weighted by Gasteiger charge is -2.23. The van der Waals surface area contributed by atoms with Gasteiger partial charge in [-0.2, -0.15) is 0 Å². The lowest BCUT2D eigenvalue weighted by Crippen LogP contribution is -2.35. The first-order valence-electron chi connectivity index (χ1n) is 5.55. The molecule has 0 aliphatic carbocycles. The maximum Gasteiger partial charge on any atom is 0.333 e. The zero-order valence-electron chi connectivity index (χ0n) is 10.2. The molecule has 1 heterocycles. The summed E-state index contributed by atoms with van der Waals surface area (Å²) < 4.78 is 4.96. The van der Waals surface area contributed by atoms with Crippen LogP contribution in [0, 0.1) is 5.92 Å². The van der Waals surface area contributed by atoms with E-state index in [-0.39, 0.29) is 18.6 Å². The Morgan fingerprint density at radius 1 is 1.56 bits per heavy atom. The normalized spacial score (nSPS) is 24.7. The van der Waals surface area contributed by atoms with Gasteiger partial charge in [-0.3, -0.25) is 4.79 Å². The third-order valence-electron chi connectivity index (χ3n) is 3.05. The van der Waals surface area contributed by atoms with E-state index in [2.05, 4.69) is 13.5 Å². The maximum absolute atomic E-state index is 11.6. The topological polar surface area (TPSA) is 46.6 Å². The van der Waals surface area contributed by atoms with Gasteiger partial charge < -0.3 is 9.64 Å². The molecule has 0 spiro atoms. The van der Waals surface area contributed by atoms with E-state index in [1.54, 1.807) is 11.8 Å². The van der Waals surface area contributed by atoms with Crippen molar-refractivity contribution in [1.82, 2.24) is 4.90 Å². The van der Waals surface area contributed by atoms with Crippen LogP contribution in [0.5, 0.6) is 0 Å². The Balaban J connectivity index is 2.36. The van der Waals surface area contributed by atoms with Gasteiger partial charge in [0.2, 0.25) is 5.91 Å². The van der Waals surface area contributed by atoms with Crippen LogP contribution in [0.3, 0.4) is 0 Å². The number of carbonyl (C=O) groups is 2. The SMILES string of the molecule is C=C(C)C(=O)OCCN1C(=O)CC(C)C1C. The fourth-order valence-electron chi connectivity index (χ4n) is 1.79. The van der Waals surface area contributed by atoms with Crippen molar-refractivity contribution in [2.75, 3.05) is 13.2 Å². The third kappa shape index (κ3) is 2.84. The molecular formula is C12H19NO3. The highest BCUT2D eigenvalue weighted by molar-refractivity contribution is 5.87. The fraction of sp³-hybridized carbons (Fsp3) is 0.667. The van der Waals surface area contributed by atoms with Gasteiger partial charge in [-0.15, -0.1) is 0 Å². The first-order chi connectivity index (χ1) is 7.43. The molecule has 2 atom stereocenters. The molecule has 1 amide bonds. The van der Waals surface area contributed by atoms with Crippen LogP contribution in [0.25, 0.3) is 0 Å². The molecule has 1 fully saturated rings. The molecule has 1 rings (SSSR count). The summed E-state index contributed by atoms with van der Waals surface area (Å²) in [6.45, 7) is 9.90. The van der Waals surface area contributed by atoms with Gasteiger partial charge in [-0.1, -0.05) is 13.5 Å². The Hall–Kier alpha value is -1.32. The van der Waals surface area contributed by atoms with E-state index in [1.807, 2.05) is 6.92 Å². The second kappa shape index (κ2) is 5.14. The molecule has 0 aromatic carbocycles. The summed E-state index contributed by atoms with van der Waals surface area (Å²) in [6, 6.07) is 0.232. The number of rotatable bonds is 4. The van der Waals surface area contributed by atoms with Crippen molar-refractivity contribution < 1.29 is 14.3 Å². The number of esters is 1. The molecule has 1 aliphatic rings. The summed E-state index contributed by atoms with van der Waals surface area (Å²) in [6.07, 6.45) is 0.593. The first kappa shape index (κ1) is 12.7. The van der Waals surface area contributed by atoms with Crippen molar-refractivity contribution in [3.63, 3.8) is 0 Å². The molecule has 0 aromatic rings. The monoisotopic (exact) mass is 225 g/mol. The minimum absolute atomic E-state index is 0.145. The van der Waals surface area contributed by atoms with Crippen LogP contribution in [0.15, 0.2) is 12.2 Å². The maximum atomic E-state index is 11.6.